The zero-order valence-corrected chi connectivity index (χ0v) is 75.8. The molecule has 575 valence electrons. The average Bonchev–Trinajstić information content (AvgIpc) is 0.725. The molecule has 0 radical (unpaired) electrons. The van der Waals surface area contributed by atoms with E-state index in [0.29, 0.717) is 0 Å². The summed E-state index contributed by atoms with van der Waals surface area (Å²) in [6, 6.07) is 98.4. The van der Waals surface area contributed by atoms with Crippen molar-refractivity contribution in [2.45, 2.75) is 194 Å². The molecule has 0 heterocycles. The minimum atomic E-state index is -2.17. The van der Waals surface area contributed by atoms with Crippen LogP contribution in [0, 0.1) is 0 Å². The van der Waals surface area contributed by atoms with Crippen molar-refractivity contribution in [3.63, 3.8) is 0 Å². The Morgan fingerprint density at radius 1 is 0.275 bits per heavy atom. The summed E-state index contributed by atoms with van der Waals surface area (Å²) in [5, 5.41) is 19.9. The quantitative estimate of drug-likeness (QED) is 0.0283. The Hall–Kier alpha value is -4.35. The normalized spacial score (nSPS) is 12.2. The molecule has 4 unspecified atom stereocenters. The molecule has 13 heteroatoms. The Morgan fingerprint density at radius 2 is 0.477 bits per heavy atom. The van der Waals surface area contributed by atoms with E-state index in [1.54, 1.807) is 0 Å². The first-order valence-corrected chi connectivity index (χ1v) is 58.0. The summed E-state index contributed by atoms with van der Waals surface area (Å²) in [5.41, 5.74) is 4.75. The van der Waals surface area contributed by atoms with Crippen molar-refractivity contribution in [1.82, 2.24) is 0 Å². The van der Waals surface area contributed by atoms with E-state index in [0.717, 1.165) is 34.1 Å². The summed E-state index contributed by atoms with van der Waals surface area (Å²) < 4.78 is 27.3. The first-order chi connectivity index (χ1) is 53.3. The van der Waals surface area contributed by atoms with Crippen molar-refractivity contribution in [1.29, 1.82) is 0 Å². The maximum atomic E-state index is 13.7. The molecule has 12 aromatic rings. The van der Waals surface area contributed by atoms with Crippen LogP contribution in [0.25, 0.3) is 65.3 Å². The molecule has 2 nitrogen and oxygen atoms in total. The second kappa shape index (κ2) is 46.3. The molecule has 0 aliphatic rings. The maximum absolute atomic E-state index is 13.7. The standard InChI is InChI=1S/2C48H57OP3.2BrH.2ClH.Co/c2*1-2-3-4-5-6-7-8-9-10-11-12-13-14-25-38-52(41-28-17-15-18-29-41,42-30-19-16-20-31-42)46-37-35-40-27-22-24-33-44(40)48(46)47-43-32-23-21-26-39(43)34-36-45(47)51(49)50;;;;;/h2*15-24,26-37H,2-14,25,38,50H2,1H3;4*1H;/q2*+2;;;;;+2/p-4. The Labute approximate surface area is 686 Å². The van der Waals surface area contributed by atoms with Gasteiger partial charge in [-0.05, 0) is 154 Å². The summed E-state index contributed by atoms with van der Waals surface area (Å²) in [6.45, 7) is 4.59. The van der Waals surface area contributed by atoms with Gasteiger partial charge in [-0.25, -0.2) is 0 Å². The minimum absolute atomic E-state index is 0.909. The summed E-state index contributed by atoms with van der Waals surface area (Å²) in [7, 11) is 6.22. The van der Waals surface area contributed by atoms with Crippen molar-refractivity contribution in [2.75, 3.05) is 12.3 Å². The third-order valence-electron chi connectivity index (χ3n) is 21.9. The number of halogens is 4. The Morgan fingerprint density at radius 3 is 0.716 bits per heavy atom. The molecule has 0 aromatic heterocycles. The van der Waals surface area contributed by atoms with Crippen molar-refractivity contribution in [2.24, 2.45) is 0 Å². The SMILES string of the molecule is CCCCCCCCCCCCCCCC[P+](c1ccccc1)(c1ccccc1)c1ccc2ccccc2c1-c1c([P+](=O)P)ccc2ccccc12.CCCCCCCCCCCCCCCC[P+](c1ccccc1)(c1ccccc1)c1ccc2ccccc2c1-c1c([P+](=O)P)ccc2ccccc12.[Cl][Co-2]([Cl])([Br])[Br]. The molecular weight excluding hydrogens is 1660 g/mol. The van der Waals surface area contributed by atoms with Crippen molar-refractivity contribution < 1.29 is 16.4 Å². The molecule has 0 aliphatic heterocycles. The van der Waals surface area contributed by atoms with Gasteiger partial charge in [-0.1, -0.05) is 359 Å². The van der Waals surface area contributed by atoms with Crippen molar-refractivity contribution in [3.05, 3.63) is 267 Å². The Bertz CT molecular complexity index is 4400. The van der Waals surface area contributed by atoms with Gasteiger partial charge < -0.3 is 0 Å². The van der Waals surface area contributed by atoms with Crippen LogP contribution in [0.1, 0.15) is 194 Å². The second-order valence-electron chi connectivity index (χ2n) is 29.3. The molecule has 4 atom stereocenters. The van der Waals surface area contributed by atoms with Gasteiger partial charge in [0, 0.05) is 22.3 Å². The first-order valence-electron chi connectivity index (χ1n) is 40.3. The van der Waals surface area contributed by atoms with Crippen LogP contribution in [0.3, 0.4) is 0 Å². The van der Waals surface area contributed by atoms with Gasteiger partial charge in [-0.3, -0.25) is 0 Å². The van der Waals surface area contributed by atoms with E-state index in [2.05, 4.69) is 327 Å². The third-order valence-corrected chi connectivity index (χ3v) is 34.4. The van der Waals surface area contributed by atoms with Crippen LogP contribution in [0.5, 0.6) is 0 Å². The van der Waals surface area contributed by atoms with Crippen LogP contribution in [0.15, 0.2) is 267 Å². The number of unbranched alkanes of at least 4 members (excludes halogenated alkanes) is 26. The van der Waals surface area contributed by atoms with Gasteiger partial charge in [0.15, 0.2) is 10.6 Å². The van der Waals surface area contributed by atoms with Gasteiger partial charge in [0.05, 0.1) is 12.3 Å². The predicted octanol–water partition coefficient (Wildman–Crippen LogP) is 30.4. The monoisotopic (exact) mass is 1770 g/mol. The van der Waals surface area contributed by atoms with E-state index in [-0.39, 0.29) is 0 Å². The van der Waals surface area contributed by atoms with Crippen LogP contribution >= 0.6 is 96.0 Å². The van der Waals surface area contributed by atoms with Gasteiger partial charge in [-0.2, -0.15) is 0 Å². The Kier molecular flexibility index (Phi) is 36.9. The molecule has 0 bridgehead atoms. The van der Waals surface area contributed by atoms with Crippen LogP contribution in [-0.2, 0) is 16.4 Å². The van der Waals surface area contributed by atoms with Gasteiger partial charge in [0.25, 0.3) is 0 Å². The fourth-order valence-electron chi connectivity index (χ4n) is 16.5. The molecule has 0 aliphatic carbocycles. The fourth-order valence-corrected chi connectivity index (χ4v) is 28.4. The number of hydrogen-bond donors (Lipinski definition) is 0. The van der Waals surface area contributed by atoms with Gasteiger partial charge in [-0.15, -0.1) is 0 Å². The topological polar surface area (TPSA) is 34.1 Å². The van der Waals surface area contributed by atoms with Crippen LogP contribution in [0.4, 0.5) is 0 Å². The molecule has 0 spiro atoms. The molecule has 12 rings (SSSR count). The molecule has 0 fully saturated rings. The van der Waals surface area contributed by atoms with Crippen LogP contribution in [-0.4, -0.2) is 12.3 Å². The first kappa shape index (κ1) is 87.0. The number of hydrogen-bond acceptors (Lipinski definition) is 2. The van der Waals surface area contributed by atoms with E-state index in [9.17, 15) is 9.13 Å². The van der Waals surface area contributed by atoms with E-state index >= 15 is 0 Å². The number of rotatable bonds is 40. The third kappa shape index (κ3) is 24.4. The van der Waals surface area contributed by atoms with E-state index in [1.165, 1.54) is 266 Å². The van der Waals surface area contributed by atoms with Crippen LogP contribution < -0.4 is 42.4 Å². The zero-order valence-electron chi connectivity index (χ0n) is 64.2. The summed E-state index contributed by atoms with van der Waals surface area (Å²) >= 11 is 5.86. The fraction of sp³-hybridized carbons (Fsp3) is 0.333. The molecular formula is C96H114Br2Cl2CoO2P6+2. The van der Waals surface area contributed by atoms with E-state index < -0.39 is 36.7 Å². The van der Waals surface area contributed by atoms with Crippen molar-refractivity contribution >= 4 is 182 Å². The van der Waals surface area contributed by atoms with E-state index in [4.69, 9.17) is 20.3 Å². The molecule has 0 saturated carbocycles. The molecule has 0 amide bonds. The summed E-state index contributed by atoms with van der Waals surface area (Å²) in [6.07, 6.45) is 40.2. The van der Waals surface area contributed by atoms with Gasteiger partial charge in [0.1, 0.15) is 64.2 Å². The zero-order chi connectivity index (χ0) is 76.5. The molecule has 12 aromatic carbocycles. The second-order valence-corrected chi connectivity index (χ2v) is 60.5. The number of fused-ring (bicyclic) bond motifs is 4. The Balaban J connectivity index is 0.000000219. The number of benzene rings is 12. The van der Waals surface area contributed by atoms with Gasteiger partial charge >= 0.3 is 70.8 Å². The van der Waals surface area contributed by atoms with E-state index in [1.807, 2.05) is 0 Å². The molecule has 0 N–H and O–H groups in total. The summed E-state index contributed by atoms with van der Waals surface area (Å²) in [5.74, 6) is 0. The van der Waals surface area contributed by atoms with Crippen LogP contribution in [0.2, 0.25) is 0 Å². The summed E-state index contributed by atoms with van der Waals surface area (Å²) in [4.78, 5) is 0. The predicted molar refractivity (Wildman–Crippen MR) is 505 cm³/mol. The molecule has 109 heavy (non-hydrogen) atoms. The van der Waals surface area contributed by atoms with Gasteiger partial charge in [0.2, 0.25) is 0 Å². The average molecular weight is 1780 g/mol. The van der Waals surface area contributed by atoms with Crippen molar-refractivity contribution in [3.8, 4) is 22.3 Å². The molecule has 0 saturated heterocycles.